The zero-order valence-electron chi connectivity index (χ0n) is 37.2. The molecule has 2 N–H and O–H groups in total. The second-order valence-corrected chi connectivity index (χ2v) is 20.1. The summed E-state index contributed by atoms with van der Waals surface area (Å²) in [5.41, 5.74) is 3.13. The summed E-state index contributed by atoms with van der Waals surface area (Å²) in [5.74, 6) is -0.884. The molecule has 4 fully saturated rings. The van der Waals surface area contributed by atoms with Crippen molar-refractivity contribution < 1.29 is 43.2 Å². The van der Waals surface area contributed by atoms with Crippen molar-refractivity contribution in [1.82, 2.24) is 5.32 Å². The van der Waals surface area contributed by atoms with Crippen LogP contribution in [-0.4, -0.2) is 77.0 Å². The van der Waals surface area contributed by atoms with Gasteiger partial charge in [-0.25, -0.2) is 4.79 Å². The Morgan fingerprint density at radius 2 is 1.66 bits per heavy atom. The topological polar surface area (TPSA) is 133 Å². The van der Waals surface area contributed by atoms with Crippen LogP contribution in [0.4, 0.5) is 0 Å². The molecule has 59 heavy (non-hydrogen) atoms. The molecule has 0 aromatic heterocycles. The van der Waals surface area contributed by atoms with Gasteiger partial charge < -0.3 is 34.1 Å². The molecule has 1 amide bonds. The van der Waals surface area contributed by atoms with E-state index in [-0.39, 0.29) is 31.5 Å². The van der Waals surface area contributed by atoms with E-state index in [1.807, 2.05) is 24.3 Å². The van der Waals surface area contributed by atoms with Crippen LogP contribution in [0.3, 0.4) is 0 Å². The van der Waals surface area contributed by atoms with Gasteiger partial charge in [-0.2, -0.15) is 0 Å². The Morgan fingerprint density at radius 1 is 0.966 bits per heavy atom. The predicted octanol–water partition coefficient (Wildman–Crippen LogP) is 9.56. The third kappa shape index (κ3) is 11.5. The number of carbonyl (C=O) groups excluding carboxylic acids is 3. The van der Waals surface area contributed by atoms with E-state index in [1.54, 1.807) is 26.8 Å². The van der Waals surface area contributed by atoms with Gasteiger partial charge in [0.1, 0.15) is 23.9 Å². The van der Waals surface area contributed by atoms with Gasteiger partial charge in [0.2, 0.25) is 5.91 Å². The van der Waals surface area contributed by atoms with Crippen LogP contribution in [0.2, 0.25) is 0 Å². The maximum atomic E-state index is 14.0. The van der Waals surface area contributed by atoms with Crippen molar-refractivity contribution >= 4 is 23.9 Å². The summed E-state index contributed by atoms with van der Waals surface area (Å²) < 4.78 is 31.5. The monoisotopic (exact) mass is 820 g/mol. The molecule has 10 nitrogen and oxygen atoms in total. The van der Waals surface area contributed by atoms with Crippen molar-refractivity contribution in [3.63, 3.8) is 0 Å². The molecule has 2 heterocycles. The highest BCUT2D eigenvalue weighted by molar-refractivity contribution is 5.94. The number of esters is 2. The van der Waals surface area contributed by atoms with Crippen LogP contribution < -0.4 is 5.32 Å². The van der Waals surface area contributed by atoms with E-state index in [2.05, 4.69) is 46.0 Å². The molecule has 328 valence electrons. The Labute approximate surface area is 353 Å². The lowest BCUT2D eigenvalue weighted by Crippen LogP contribution is -2.45. The summed E-state index contributed by atoms with van der Waals surface area (Å²) >= 11 is 0. The number of unbranched alkanes of at least 4 members (excludes halogenated alkanes) is 4. The highest BCUT2D eigenvalue weighted by atomic mass is 16.8. The highest BCUT2D eigenvalue weighted by Gasteiger charge is 2.56. The van der Waals surface area contributed by atoms with Crippen molar-refractivity contribution in [2.75, 3.05) is 6.61 Å². The quantitative estimate of drug-likeness (QED) is 0.0896. The van der Waals surface area contributed by atoms with Crippen molar-refractivity contribution in [2.24, 2.45) is 17.3 Å². The average molecular weight is 820 g/mol. The molecule has 5 aliphatic rings. The lowest BCUT2D eigenvalue weighted by molar-refractivity contribution is -0.190. The Hall–Kier alpha value is -3.05. The van der Waals surface area contributed by atoms with Crippen LogP contribution in [0.5, 0.6) is 0 Å². The van der Waals surface area contributed by atoms with Crippen molar-refractivity contribution in [3.8, 4) is 0 Å². The van der Waals surface area contributed by atoms with Crippen LogP contribution in [0, 0.1) is 17.3 Å². The largest absolute Gasteiger partial charge is 0.460 e. The Bertz CT molecular complexity index is 1680. The average Bonchev–Trinajstić information content (AvgIpc) is 3.66. The minimum atomic E-state index is -0.835. The van der Waals surface area contributed by atoms with Gasteiger partial charge in [0.15, 0.2) is 5.79 Å². The molecule has 0 radical (unpaired) electrons. The second-order valence-electron chi connectivity index (χ2n) is 20.1. The maximum absolute atomic E-state index is 14.0. The van der Waals surface area contributed by atoms with E-state index < -0.39 is 53.6 Å². The van der Waals surface area contributed by atoms with E-state index in [9.17, 15) is 19.5 Å². The number of rotatable bonds is 17. The van der Waals surface area contributed by atoms with Gasteiger partial charge in [-0.3, -0.25) is 9.59 Å². The van der Waals surface area contributed by atoms with Crippen LogP contribution in [-0.2, 0) is 33.3 Å². The third-order valence-corrected chi connectivity index (χ3v) is 13.6. The van der Waals surface area contributed by atoms with Crippen LogP contribution in [0.15, 0.2) is 41.5 Å². The first kappa shape index (κ1) is 45.5. The zero-order chi connectivity index (χ0) is 42.6. The normalized spacial score (nSPS) is 30.5. The molecule has 2 aliphatic heterocycles. The predicted molar refractivity (Wildman–Crippen MR) is 228 cm³/mol. The van der Waals surface area contributed by atoms with E-state index in [1.165, 1.54) is 18.4 Å². The summed E-state index contributed by atoms with van der Waals surface area (Å²) in [6, 6.07) is 7.01. The number of epoxide rings is 1. The summed E-state index contributed by atoms with van der Waals surface area (Å²) in [7, 11) is 0. The van der Waals surface area contributed by atoms with Gasteiger partial charge in [-0.1, -0.05) is 77.2 Å². The number of allylic oxidation sites excluding steroid dienone is 1. The van der Waals surface area contributed by atoms with E-state index in [0.717, 1.165) is 63.4 Å². The molecular weight excluding hydrogens is 747 g/mol. The summed E-state index contributed by atoms with van der Waals surface area (Å²) in [6.07, 6.45) is 16.0. The molecule has 1 aromatic rings. The van der Waals surface area contributed by atoms with Gasteiger partial charge in [-0.05, 0) is 120 Å². The highest BCUT2D eigenvalue weighted by Crippen LogP contribution is 2.59. The fraction of sp³-hybridized carbons (Fsp3) is 0.735. The number of aliphatic hydroxyl groups is 1. The van der Waals surface area contributed by atoms with E-state index >= 15 is 0 Å². The van der Waals surface area contributed by atoms with Crippen molar-refractivity contribution in [2.45, 2.75) is 206 Å². The van der Waals surface area contributed by atoms with Crippen LogP contribution in [0.25, 0.3) is 6.08 Å². The fourth-order valence-corrected chi connectivity index (χ4v) is 10.1. The molecule has 6 rings (SSSR count). The van der Waals surface area contributed by atoms with Gasteiger partial charge >= 0.3 is 11.9 Å². The molecule has 0 bridgehead atoms. The number of carbonyl (C=O) groups is 3. The number of ether oxygens (including phenoxy) is 5. The minimum absolute atomic E-state index is 0.0404. The molecule has 2 saturated carbocycles. The molecule has 8 atom stereocenters. The number of hydrogen-bond donors (Lipinski definition) is 2. The molecule has 3 aliphatic carbocycles. The van der Waals surface area contributed by atoms with Crippen molar-refractivity contribution in [3.05, 3.63) is 52.6 Å². The minimum Gasteiger partial charge on any atom is -0.460 e. The van der Waals surface area contributed by atoms with Crippen molar-refractivity contribution in [1.29, 1.82) is 0 Å². The third-order valence-electron chi connectivity index (χ3n) is 13.6. The molecule has 8 unspecified atom stereocenters. The van der Waals surface area contributed by atoms with Crippen LogP contribution >= 0.6 is 0 Å². The number of amides is 1. The lowest BCUT2D eigenvalue weighted by atomic mass is 9.52. The van der Waals surface area contributed by atoms with Gasteiger partial charge in [0.05, 0.1) is 29.9 Å². The standard InChI is InChI=1S/C49H73NO9/c1-9-11-13-24-49(25-14-12-10-2)56-40-29-35(44(53)50-36(31-51)20-22-42(52)58-46(3,4)5)28-39(43(40)59-49)55-45(54)33-17-15-32(16-18-33)27-34-19-21-41-48(8,57-41)26-23-38-37(34)30-47(38,6)7/h15-18,27,29,36-41,43,51H,9-14,19-26,28,30-31H2,1-8H3,(H,50,53). The molecular formula is C49H73NO9. The van der Waals surface area contributed by atoms with Gasteiger partial charge in [-0.15, -0.1) is 0 Å². The Morgan fingerprint density at radius 3 is 2.29 bits per heavy atom. The molecule has 2 saturated heterocycles. The first-order chi connectivity index (χ1) is 28.0. The fourth-order valence-electron chi connectivity index (χ4n) is 10.1. The Balaban J connectivity index is 1.18. The lowest BCUT2D eigenvalue weighted by Gasteiger charge is -2.53. The molecule has 0 spiro atoms. The zero-order valence-corrected chi connectivity index (χ0v) is 37.2. The number of aliphatic hydroxyl groups excluding tert-OH is 1. The first-order valence-corrected chi connectivity index (χ1v) is 22.9. The number of hydrogen-bond acceptors (Lipinski definition) is 9. The summed E-state index contributed by atoms with van der Waals surface area (Å²) in [4.78, 5) is 40.2. The maximum Gasteiger partial charge on any atom is 0.338 e. The summed E-state index contributed by atoms with van der Waals surface area (Å²) in [6.45, 7) is 16.5. The molecule has 1 aromatic carbocycles. The summed E-state index contributed by atoms with van der Waals surface area (Å²) in [5, 5.41) is 13.0. The van der Waals surface area contributed by atoms with E-state index in [4.69, 9.17) is 23.7 Å². The van der Waals surface area contributed by atoms with Crippen LogP contribution in [0.1, 0.15) is 174 Å². The SMILES string of the molecule is CCCCCC1(CCCCC)OC2C=C(C(=O)NC(CO)CCC(=O)OC(C)(C)C)CC(OC(=O)c3ccc(C=C4CCC5OC5(C)CCC5C4CC5(C)C)cc3)C2O1. The van der Waals surface area contributed by atoms with Gasteiger partial charge in [0, 0.05) is 31.3 Å². The molecule has 10 heteroatoms. The number of fused-ring (bicyclic) bond motifs is 3. The Kier molecular flexibility index (Phi) is 14.6. The number of benzene rings is 1. The first-order valence-electron chi connectivity index (χ1n) is 22.9. The second kappa shape index (κ2) is 18.9. The van der Waals surface area contributed by atoms with Gasteiger partial charge in [0.25, 0.3) is 0 Å². The smallest absolute Gasteiger partial charge is 0.338 e. The van der Waals surface area contributed by atoms with E-state index in [0.29, 0.717) is 47.3 Å². The number of nitrogens with one attached hydrogen (secondary N) is 1.